The van der Waals surface area contributed by atoms with Gasteiger partial charge in [-0.25, -0.2) is 0 Å². The zero-order chi connectivity index (χ0) is 37.8. The third-order valence-corrected chi connectivity index (χ3v) is 22.6. The van der Waals surface area contributed by atoms with Crippen LogP contribution in [0.5, 0.6) is 0 Å². The van der Waals surface area contributed by atoms with E-state index in [0.717, 1.165) is 68.5 Å². The number of rotatable bonds is 9. The van der Waals surface area contributed by atoms with Gasteiger partial charge in [-0.1, -0.05) is 82.2 Å². The maximum atomic E-state index is 13.5. The van der Waals surface area contributed by atoms with Crippen molar-refractivity contribution in [2.75, 3.05) is 12.8 Å². The van der Waals surface area contributed by atoms with Gasteiger partial charge in [-0.3, -0.25) is 4.79 Å². The van der Waals surface area contributed by atoms with E-state index in [4.69, 9.17) is 14.2 Å². The van der Waals surface area contributed by atoms with Crippen molar-refractivity contribution in [1.29, 1.82) is 0 Å². The van der Waals surface area contributed by atoms with Crippen molar-refractivity contribution >= 4 is 23.8 Å². The van der Waals surface area contributed by atoms with Crippen LogP contribution in [0.4, 0.5) is 0 Å². The standard InChI is InChI=1S/C50H70O4P.BrH/c1-35-25-30-50(52-34-35)36(2)47-45(54-50)33-44-42-24-23-37-32-38(26-28-48(37,3)43(42)27-29-49(44,47)4)53-46(51)22-14-15-31-55(39-16-8-5-9-17-39,40-18-10-6-11-19-40)41-20-12-7-13-21-41;/h5-6,8-11,16-19,23,35-36,38,41-45,47H,7,12-15,20-22,24-34H2,1-4H3;1H/q+1;/p-1/t35-,36+,38+,42-,43+,44+,45+,47+,48+,49+,50-;/m1./s1. The first-order valence-corrected chi connectivity index (χ1v) is 24.9. The average Bonchev–Trinajstić information content (AvgIpc) is 3.66. The quantitative estimate of drug-likeness (QED) is 0.110. The molecule has 2 saturated heterocycles. The molecule has 306 valence electrons. The van der Waals surface area contributed by atoms with Gasteiger partial charge in [0.1, 0.15) is 6.10 Å². The Labute approximate surface area is 350 Å². The zero-order valence-corrected chi connectivity index (χ0v) is 37.4. The Morgan fingerprint density at radius 2 is 1.55 bits per heavy atom. The molecule has 0 bridgehead atoms. The van der Waals surface area contributed by atoms with E-state index in [1.54, 1.807) is 16.2 Å². The number of unbranched alkanes of at least 4 members (excludes halogenated alkanes) is 1. The molecule has 9 rings (SSSR count). The summed E-state index contributed by atoms with van der Waals surface area (Å²) in [7, 11) is -1.61. The fraction of sp³-hybridized carbons (Fsp3) is 0.700. The summed E-state index contributed by atoms with van der Waals surface area (Å²) in [6.45, 7) is 10.9. The van der Waals surface area contributed by atoms with E-state index in [1.165, 1.54) is 70.4 Å². The first-order chi connectivity index (χ1) is 26.7. The van der Waals surface area contributed by atoms with Gasteiger partial charge in [-0.05, 0) is 148 Å². The van der Waals surface area contributed by atoms with Crippen molar-refractivity contribution in [1.82, 2.24) is 0 Å². The first-order valence-electron chi connectivity index (χ1n) is 22.9. The zero-order valence-electron chi connectivity index (χ0n) is 34.9. The predicted octanol–water partition coefficient (Wildman–Crippen LogP) is 8.44. The monoisotopic (exact) mass is 844 g/mol. The highest BCUT2D eigenvalue weighted by molar-refractivity contribution is 7.90. The van der Waals surface area contributed by atoms with E-state index in [2.05, 4.69) is 94.4 Å². The largest absolute Gasteiger partial charge is 1.00 e. The fourth-order valence-corrected chi connectivity index (χ4v) is 19.9. The molecule has 0 N–H and O–H groups in total. The van der Waals surface area contributed by atoms with Gasteiger partial charge in [-0.15, -0.1) is 0 Å². The highest BCUT2D eigenvalue weighted by Crippen LogP contribution is 2.71. The average molecular weight is 846 g/mol. The minimum atomic E-state index is -1.61. The van der Waals surface area contributed by atoms with Gasteiger partial charge in [0.2, 0.25) is 0 Å². The summed E-state index contributed by atoms with van der Waals surface area (Å²) < 4.78 is 20.0. The molecule has 0 amide bonds. The van der Waals surface area contributed by atoms with Crippen molar-refractivity contribution < 1.29 is 36.0 Å². The summed E-state index contributed by atoms with van der Waals surface area (Å²) in [6.07, 6.45) is 23.9. The number of allylic oxidation sites excluding steroid dienone is 1. The maximum absolute atomic E-state index is 13.5. The van der Waals surface area contributed by atoms with Crippen LogP contribution in [0, 0.1) is 46.3 Å². The van der Waals surface area contributed by atoms with E-state index in [-0.39, 0.29) is 40.3 Å². The van der Waals surface area contributed by atoms with Crippen molar-refractivity contribution in [3.8, 4) is 0 Å². The summed E-state index contributed by atoms with van der Waals surface area (Å²) in [5.41, 5.74) is 2.92. The van der Waals surface area contributed by atoms with E-state index < -0.39 is 7.26 Å². The Hall–Kier alpha value is -1.52. The van der Waals surface area contributed by atoms with Crippen LogP contribution in [0.3, 0.4) is 0 Å². The topological polar surface area (TPSA) is 44.8 Å². The van der Waals surface area contributed by atoms with E-state index >= 15 is 0 Å². The van der Waals surface area contributed by atoms with Crippen LogP contribution in [0.2, 0.25) is 0 Å². The Morgan fingerprint density at radius 3 is 2.23 bits per heavy atom. The van der Waals surface area contributed by atoms with Gasteiger partial charge in [-0.2, -0.15) is 0 Å². The van der Waals surface area contributed by atoms with Gasteiger partial charge in [0.05, 0.1) is 42.4 Å². The molecule has 0 radical (unpaired) electrons. The highest BCUT2D eigenvalue weighted by Gasteiger charge is 2.68. The molecule has 6 fully saturated rings. The second kappa shape index (κ2) is 16.5. The summed E-state index contributed by atoms with van der Waals surface area (Å²) in [5, 5.41) is 3.12. The lowest BCUT2D eigenvalue weighted by Gasteiger charge is -2.58. The molecule has 11 atom stereocenters. The summed E-state index contributed by atoms with van der Waals surface area (Å²) >= 11 is 0. The Balaban J connectivity index is 0.00000441. The minimum Gasteiger partial charge on any atom is -1.00 e. The predicted molar refractivity (Wildman–Crippen MR) is 226 cm³/mol. The molecule has 0 aromatic heterocycles. The molecule has 0 unspecified atom stereocenters. The number of hydrogen-bond acceptors (Lipinski definition) is 4. The normalized spacial score (nSPS) is 39.4. The molecule has 56 heavy (non-hydrogen) atoms. The molecule has 7 aliphatic rings. The van der Waals surface area contributed by atoms with E-state index in [1.807, 2.05) is 0 Å². The van der Waals surface area contributed by atoms with E-state index in [0.29, 0.717) is 35.7 Å². The molecule has 2 aromatic rings. The smallest absolute Gasteiger partial charge is 0.306 e. The van der Waals surface area contributed by atoms with Crippen LogP contribution >= 0.6 is 7.26 Å². The molecular weight excluding hydrogens is 775 g/mol. The first kappa shape index (κ1) is 41.2. The number of hydrogen-bond donors (Lipinski definition) is 0. The molecule has 6 heteroatoms. The van der Waals surface area contributed by atoms with Crippen molar-refractivity contribution in [3.05, 3.63) is 72.3 Å². The number of carbonyl (C=O) groups is 1. The number of esters is 1. The maximum Gasteiger partial charge on any atom is 0.306 e. The van der Waals surface area contributed by atoms with Gasteiger partial charge in [0.15, 0.2) is 5.79 Å². The van der Waals surface area contributed by atoms with Crippen LogP contribution in [-0.4, -0.2) is 42.4 Å². The van der Waals surface area contributed by atoms with Gasteiger partial charge >= 0.3 is 5.97 Å². The van der Waals surface area contributed by atoms with Crippen LogP contribution in [0.25, 0.3) is 0 Å². The van der Waals surface area contributed by atoms with Crippen molar-refractivity contribution in [3.63, 3.8) is 0 Å². The number of benzene rings is 2. The molecular formula is C50H70BrO4P. The van der Waals surface area contributed by atoms with Crippen LogP contribution < -0.4 is 27.6 Å². The lowest BCUT2D eigenvalue weighted by molar-refractivity contribution is -0.272. The molecule has 4 nitrogen and oxygen atoms in total. The lowest BCUT2D eigenvalue weighted by atomic mass is 9.47. The third-order valence-electron chi connectivity index (χ3n) is 17.4. The summed E-state index contributed by atoms with van der Waals surface area (Å²) in [4.78, 5) is 13.5. The SMILES string of the molecule is C[C@@H]1CC[C@@]2(OC1)O[C@H]1C[C@H]3[C@@H]4CC=C5C[C@@H](OC(=O)CCCC[P+](c6ccccc6)(c6ccccc6)C6CCCCC6)CC[C@]5(C)[C@H]4CC[C@]3(C)[C@H]1[C@@H]2C.[Br-]. The number of ether oxygens (including phenoxy) is 3. The Kier molecular flexibility index (Phi) is 12.1. The Morgan fingerprint density at radius 1 is 0.839 bits per heavy atom. The fourth-order valence-electron chi connectivity index (χ4n) is 14.5. The Bertz CT molecular complexity index is 1640. The van der Waals surface area contributed by atoms with Gasteiger partial charge in [0, 0.05) is 25.2 Å². The van der Waals surface area contributed by atoms with Gasteiger partial charge in [0.25, 0.3) is 0 Å². The third kappa shape index (κ3) is 7.05. The van der Waals surface area contributed by atoms with Crippen LogP contribution in [0.1, 0.15) is 137 Å². The molecule has 5 aliphatic carbocycles. The molecule has 1 spiro atoms. The molecule has 2 heterocycles. The number of carbonyl (C=O) groups excluding carboxylic acids is 1. The number of halogens is 1. The van der Waals surface area contributed by atoms with Crippen molar-refractivity contribution in [2.45, 2.75) is 161 Å². The van der Waals surface area contributed by atoms with Gasteiger partial charge < -0.3 is 31.2 Å². The minimum absolute atomic E-state index is 0. The lowest BCUT2D eigenvalue weighted by Crippen LogP contribution is -3.00. The highest BCUT2D eigenvalue weighted by atomic mass is 79.9. The van der Waals surface area contributed by atoms with Crippen molar-refractivity contribution in [2.24, 2.45) is 46.3 Å². The second-order valence-electron chi connectivity index (χ2n) is 20.1. The second-order valence-corrected chi connectivity index (χ2v) is 24.1. The van der Waals surface area contributed by atoms with Crippen LogP contribution in [-0.2, 0) is 19.0 Å². The summed E-state index contributed by atoms with van der Waals surface area (Å²) in [5.74, 6) is 3.63. The summed E-state index contributed by atoms with van der Waals surface area (Å²) in [6, 6.07) is 22.9. The molecule has 4 saturated carbocycles. The molecule has 2 aliphatic heterocycles. The van der Waals surface area contributed by atoms with Crippen LogP contribution in [0.15, 0.2) is 72.3 Å². The van der Waals surface area contributed by atoms with E-state index in [9.17, 15) is 4.79 Å². The number of fused-ring (bicyclic) bond motifs is 7. The molecule has 2 aromatic carbocycles.